The van der Waals surface area contributed by atoms with E-state index < -0.39 is 0 Å². The van der Waals surface area contributed by atoms with Gasteiger partial charge in [-0.25, -0.2) is 4.39 Å². The lowest BCUT2D eigenvalue weighted by Gasteiger charge is -2.06. The molecule has 100 valence electrons. The maximum atomic E-state index is 12.8. The molecule has 0 fully saturated rings. The van der Waals surface area contributed by atoms with Gasteiger partial charge in [0.05, 0.1) is 6.26 Å². The largest absolute Gasteiger partial charge is 0.489 e. The normalized spacial score (nSPS) is 10.4. The second-order valence-corrected chi connectivity index (χ2v) is 4.42. The molecule has 0 atom stereocenters. The van der Waals surface area contributed by atoms with Gasteiger partial charge in [-0.05, 0) is 54.1 Å². The van der Waals surface area contributed by atoms with Gasteiger partial charge < -0.3 is 9.15 Å². The average molecular weight is 268 g/mol. The van der Waals surface area contributed by atoms with Crippen LogP contribution in [0.2, 0.25) is 0 Å². The van der Waals surface area contributed by atoms with E-state index in [0.717, 1.165) is 22.6 Å². The maximum Gasteiger partial charge on any atom is 0.133 e. The van der Waals surface area contributed by atoms with Gasteiger partial charge in [-0.3, -0.25) is 0 Å². The van der Waals surface area contributed by atoms with Crippen molar-refractivity contribution in [1.82, 2.24) is 0 Å². The summed E-state index contributed by atoms with van der Waals surface area (Å²) in [5, 5.41) is 0. The Balaban J connectivity index is 1.65. The topological polar surface area (TPSA) is 22.4 Å². The van der Waals surface area contributed by atoms with Crippen LogP contribution in [0.25, 0.3) is 11.3 Å². The van der Waals surface area contributed by atoms with Crippen LogP contribution in [0.3, 0.4) is 0 Å². The molecule has 0 unspecified atom stereocenters. The molecule has 0 bridgehead atoms. The molecule has 3 rings (SSSR count). The number of furan rings is 1. The lowest BCUT2D eigenvalue weighted by atomic mass is 10.2. The molecule has 0 aliphatic rings. The molecule has 0 saturated heterocycles. The molecule has 0 amide bonds. The first-order chi connectivity index (χ1) is 9.81. The number of rotatable bonds is 4. The molecule has 2 nitrogen and oxygen atoms in total. The minimum Gasteiger partial charge on any atom is -0.489 e. The zero-order valence-electron chi connectivity index (χ0n) is 10.8. The molecule has 3 heteroatoms. The van der Waals surface area contributed by atoms with E-state index in [2.05, 4.69) is 0 Å². The minimum atomic E-state index is -0.239. The zero-order chi connectivity index (χ0) is 13.8. The van der Waals surface area contributed by atoms with Gasteiger partial charge in [0.25, 0.3) is 0 Å². The zero-order valence-corrected chi connectivity index (χ0v) is 10.8. The Morgan fingerprint density at radius 1 is 0.900 bits per heavy atom. The van der Waals surface area contributed by atoms with E-state index in [4.69, 9.17) is 9.15 Å². The van der Waals surface area contributed by atoms with Gasteiger partial charge in [-0.1, -0.05) is 12.1 Å². The number of halogens is 1. The molecule has 0 saturated carbocycles. The van der Waals surface area contributed by atoms with Crippen molar-refractivity contribution in [1.29, 1.82) is 0 Å². The Morgan fingerprint density at radius 2 is 1.65 bits per heavy atom. The highest BCUT2D eigenvalue weighted by Crippen LogP contribution is 2.23. The standard InChI is InChI=1S/C17H13FO2/c18-15-7-3-13(4-8-15)12-20-16-9-5-14(6-10-16)17-2-1-11-19-17/h1-11H,12H2. The minimum absolute atomic E-state index is 0.239. The average Bonchev–Trinajstić information content (AvgIpc) is 3.01. The summed E-state index contributed by atoms with van der Waals surface area (Å²) in [6, 6.07) is 17.7. The maximum absolute atomic E-state index is 12.8. The van der Waals surface area contributed by atoms with Crippen LogP contribution in [0.5, 0.6) is 5.75 Å². The van der Waals surface area contributed by atoms with E-state index in [0.29, 0.717) is 6.61 Å². The van der Waals surface area contributed by atoms with Crippen LogP contribution in [0.4, 0.5) is 4.39 Å². The van der Waals surface area contributed by atoms with E-state index >= 15 is 0 Å². The van der Waals surface area contributed by atoms with Gasteiger partial charge in [0, 0.05) is 5.56 Å². The summed E-state index contributed by atoms with van der Waals surface area (Å²) in [5.74, 6) is 1.36. The Morgan fingerprint density at radius 3 is 2.30 bits per heavy atom. The first-order valence-electron chi connectivity index (χ1n) is 6.32. The predicted octanol–water partition coefficient (Wildman–Crippen LogP) is 4.66. The van der Waals surface area contributed by atoms with Crippen molar-refractivity contribution in [2.75, 3.05) is 0 Å². The van der Waals surface area contributed by atoms with Crippen molar-refractivity contribution in [3.05, 3.63) is 78.3 Å². The molecule has 1 aromatic heterocycles. The SMILES string of the molecule is Fc1ccc(COc2ccc(-c3ccco3)cc2)cc1. The van der Waals surface area contributed by atoms with Crippen LogP contribution in [0.15, 0.2) is 71.3 Å². The molecule has 0 aliphatic heterocycles. The van der Waals surface area contributed by atoms with Crippen LogP contribution >= 0.6 is 0 Å². The predicted molar refractivity (Wildman–Crippen MR) is 74.9 cm³/mol. The van der Waals surface area contributed by atoms with Gasteiger partial charge >= 0.3 is 0 Å². The van der Waals surface area contributed by atoms with Crippen LogP contribution in [-0.4, -0.2) is 0 Å². The van der Waals surface area contributed by atoms with Crippen molar-refractivity contribution >= 4 is 0 Å². The first kappa shape index (κ1) is 12.5. The molecule has 0 N–H and O–H groups in total. The van der Waals surface area contributed by atoms with E-state index in [-0.39, 0.29) is 5.82 Å². The third kappa shape index (κ3) is 2.88. The van der Waals surface area contributed by atoms with Crippen molar-refractivity contribution in [2.45, 2.75) is 6.61 Å². The second kappa shape index (κ2) is 5.61. The third-order valence-electron chi connectivity index (χ3n) is 2.98. The van der Waals surface area contributed by atoms with Crippen LogP contribution in [0.1, 0.15) is 5.56 Å². The Hall–Kier alpha value is -2.55. The highest BCUT2D eigenvalue weighted by atomic mass is 19.1. The summed E-state index contributed by atoms with van der Waals surface area (Å²) in [7, 11) is 0. The molecule has 3 aromatic rings. The molecule has 0 spiro atoms. The quantitative estimate of drug-likeness (QED) is 0.686. The number of hydrogen-bond donors (Lipinski definition) is 0. The van der Waals surface area contributed by atoms with Crippen LogP contribution in [-0.2, 0) is 6.61 Å². The van der Waals surface area contributed by atoms with Gasteiger partial charge in [0.2, 0.25) is 0 Å². The van der Waals surface area contributed by atoms with Crippen LogP contribution < -0.4 is 4.74 Å². The van der Waals surface area contributed by atoms with Gasteiger partial charge in [0.15, 0.2) is 0 Å². The Bertz CT molecular complexity index is 655. The fourth-order valence-corrected chi connectivity index (χ4v) is 1.91. The molecular formula is C17H13FO2. The van der Waals surface area contributed by atoms with Gasteiger partial charge in [0.1, 0.15) is 23.9 Å². The summed E-state index contributed by atoms with van der Waals surface area (Å²) < 4.78 is 23.8. The van der Waals surface area contributed by atoms with E-state index in [1.807, 2.05) is 36.4 Å². The van der Waals surface area contributed by atoms with Crippen molar-refractivity contribution < 1.29 is 13.5 Å². The number of ether oxygens (including phenoxy) is 1. The van der Waals surface area contributed by atoms with Crippen molar-refractivity contribution in [3.8, 4) is 17.1 Å². The van der Waals surface area contributed by atoms with E-state index in [1.165, 1.54) is 12.1 Å². The van der Waals surface area contributed by atoms with Crippen molar-refractivity contribution in [3.63, 3.8) is 0 Å². The Labute approximate surface area is 116 Å². The molecular weight excluding hydrogens is 255 g/mol. The monoisotopic (exact) mass is 268 g/mol. The highest BCUT2D eigenvalue weighted by molar-refractivity contribution is 5.58. The summed E-state index contributed by atoms with van der Waals surface area (Å²) >= 11 is 0. The van der Waals surface area contributed by atoms with Gasteiger partial charge in [-0.2, -0.15) is 0 Å². The molecule has 0 aliphatic carbocycles. The molecule has 0 radical (unpaired) electrons. The van der Waals surface area contributed by atoms with Crippen molar-refractivity contribution in [2.24, 2.45) is 0 Å². The lowest BCUT2D eigenvalue weighted by molar-refractivity contribution is 0.306. The smallest absolute Gasteiger partial charge is 0.133 e. The summed E-state index contributed by atoms with van der Waals surface area (Å²) in [5.41, 5.74) is 1.94. The van der Waals surface area contributed by atoms with E-state index in [1.54, 1.807) is 18.4 Å². The van der Waals surface area contributed by atoms with E-state index in [9.17, 15) is 4.39 Å². The first-order valence-corrected chi connectivity index (χ1v) is 6.32. The molecule has 20 heavy (non-hydrogen) atoms. The Kier molecular flexibility index (Phi) is 3.50. The number of benzene rings is 2. The fraction of sp³-hybridized carbons (Fsp3) is 0.0588. The second-order valence-electron chi connectivity index (χ2n) is 4.42. The van der Waals surface area contributed by atoms with Gasteiger partial charge in [-0.15, -0.1) is 0 Å². The highest BCUT2D eigenvalue weighted by Gasteiger charge is 2.01. The number of hydrogen-bond acceptors (Lipinski definition) is 2. The lowest BCUT2D eigenvalue weighted by Crippen LogP contribution is -1.95. The third-order valence-corrected chi connectivity index (χ3v) is 2.98. The summed E-state index contributed by atoms with van der Waals surface area (Å²) in [4.78, 5) is 0. The molecule has 2 aromatic carbocycles. The summed E-state index contributed by atoms with van der Waals surface area (Å²) in [6.45, 7) is 0.417. The van der Waals surface area contributed by atoms with Crippen LogP contribution in [0, 0.1) is 5.82 Å². The summed E-state index contributed by atoms with van der Waals surface area (Å²) in [6.07, 6.45) is 1.65. The molecule has 1 heterocycles. The fourth-order valence-electron chi connectivity index (χ4n) is 1.91.